The summed E-state index contributed by atoms with van der Waals surface area (Å²) in [6.45, 7) is 0. The zero-order valence-corrected chi connectivity index (χ0v) is 22.8. The Morgan fingerprint density at radius 3 is 1.74 bits per heavy atom. The van der Waals surface area contributed by atoms with Crippen molar-refractivity contribution in [3.05, 3.63) is 40.6 Å². The summed E-state index contributed by atoms with van der Waals surface area (Å²) in [5.74, 6) is -7.26. The molecule has 1 aromatic heterocycles. The normalized spacial score (nSPS) is 31.3. The summed E-state index contributed by atoms with van der Waals surface area (Å²) in [6.07, 6.45) is -20.0. The molecule has 19 heteroatoms. The topological polar surface area (TPSA) is 324 Å². The Hall–Kier alpha value is -4.73. The molecule has 46 heavy (non-hydrogen) atoms. The van der Waals surface area contributed by atoms with Crippen molar-refractivity contribution in [3.63, 3.8) is 0 Å². The number of fused-ring (bicyclic) bond motifs is 1. The molecule has 0 saturated carbocycles. The quantitative estimate of drug-likeness (QED) is 0.114. The standard InChI is InChI=1S/C27H26O19/c28-8-3-7(42-26-20(36)16(32)18(34)22(45-26)24(38)39)4-12-14(8)9(29)5-11(43-12)6-1-10(30)15(31)13(2-6)44-27-21(37)17(33)19(35)23(46-27)25(40)41/h1-5,16-23,26-28,30-37H,(H,38,39)(H,40,41)/t16?,17?,18-,19-,20?,21?,22+,23?,26+,27+/m0/s1. The van der Waals surface area contributed by atoms with Gasteiger partial charge in [-0.1, -0.05) is 0 Å². The van der Waals surface area contributed by atoms with Crippen LogP contribution in [-0.4, -0.2) is 130 Å². The monoisotopic (exact) mass is 654 g/mol. The average molecular weight is 654 g/mol. The number of aliphatic hydroxyl groups is 6. The maximum atomic E-state index is 13.0. The van der Waals surface area contributed by atoms with E-state index in [-0.39, 0.29) is 28.0 Å². The van der Waals surface area contributed by atoms with Crippen molar-refractivity contribution in [1.29, 1.82) is 0 Å². The number of ether oxygens (including phenoxy) is 4. The first kappa shape index (κ1) is 32.7. The molecule has 11 N–H and O–H groups in total. The van der Waals surface area contributed by atoms with Crippen LogP contribution in [0.2, 0.25) is 0 Å². The van der Waals surface area contributed by atoms with Gasteiger partial charge in [-0.15, -0.1) is 0 Å². The molecule has 2 fully saturated rings. The third-order valence-electron chi connectivity index (χ3n) is 7.24. The smallest absolute Gasteiger partial charge is 0.335 e. The van der Waals surface area contributed by atoms with Crippen molar-refractivity contribution in [2.45, 2.75) is 61.4 Å². The predicted octanol–water partition coefficient (Wildman–Crippen LogP) is -2.88. The van der Waals surface area contributed by atoms with Crippen molar-refractivity contribution in [2.75, 3.05) is 0 Å². The van der Waals surface area contributed by atoms with Gasteiger partial charge in [0.15, 0.2) is 29.1 Å². The summed E-state index contributed by atoms with van der Waals surface area (Å²) in [4.78, 5) is 35.7. The van der Waals surface area contributed by atoms with Crippen LogP contribution in [0.15, 0.2) is 39.5 Å². The number of hydrogen-bond acceptors (Lipinski definition) is 17. The van der Waals surface area contributed by atoms with E-state index in [0.717, 1.165) is 30.3 Å². The lowest BCUT2D eigenvalue weighted by molar-refractivity contribution is -0.271. The minimum absolute atomic E-state index is 0.178. The van der Waals surface area contributed by atoms with Crippen molar-refractivity contribution >= 4 is 22.9 Å². The highest BCUT2D eigenvalue weighted by molar-refractivity contribution is 5.86. The molecule has 0 amide bonds. The number of rotatable bonds is 7. The zero-order valence-electron chi connectivity index (χ0n) is 22.8. The number of aromatic hydroxyl groups is 3. The molecule has 0 aliphatic carbocycles. The maximum Gasteiger partial charge on any atom is 0.335 e. The van der Waals surface area contributed by atoms with E-state index < -0.39 is 102 Å². The Morgan fingerprint density at radius 1 is 0.652 bits per heavy atom. The Balaban J connectivity index is 1.49. The fraction of sp³-hybridized carbons (Fsp3) is 0.370. The van der Waals surface area contributed by atoms with Crippen LogP contribution in [0.5, 0.6) is 28.7 Å². The number of carbonyl (C=O) groups is 2. The summed E-state index contributed by atoms with van der Waals surface area (Å²) in [5, 5.41) is 110. The highest BCUT2D eigenvalue weighted by Crippen LogP contribution is 2.42. The molecule has 2 saturated heterocycles. The third kappa shape index (κ3) is 5.84. The highest BCUT2D eigenvalue weighted by atomic mass is 16.7. The summed E-state index contributed by atoms with van der Waals surface area (Å²) in [6, 6.07) is 4.66. The molecule has 0 radical (unpaired) electrons. The molecule has 19 nitrogen and oxygen atoms in total. The molecule has 248 valence electrons. The van der Waals surface area contributed by atoms with Gasteiger partial charge in [0, 0.05) is 23.8 Å². The first-order valence-corrected chi connectivity index (χ1v) is 13.1. The number of phenols is 3. The van der Waals surface area contributed by atoms with Crippen LogP contribution in [0.1, 0.15) is 0 Å². The lowest BCUT2D eigenvalue weighted by atomic mass is 9.99. The molecule has 3 heterocycles. The molecule has 5 unspecified atom stereocenters. The van der Waals surface area contributed by atoms with Crippen molar-refractivity contribution in [2.24, 2.45) is 0 Å². The number of hydrogen-bond donors (Lipinski definition) is 11. The lowest BCUT2D eigenvalue weighted by Crippen LogP contribution is -2.61. The van der Waals surface area contributed by atoms with Crippen LogP contribution in [-0.2, 0) is 19.1 Å². The molecule has 2 aliphatic rings. The van der Waals surface area contributed by atoms with E-state index in [2.05, 4.69) is 0 Å². The van der Waals surface area contributed by atoms with Crippen LogP contribution in [0.4, 0.5) is 0 Å². The number of aliphatic carboxylic acids is 2. The molecule has 5 rings (SSSR count). The van der Waals surface area contributed by atoms with Gasteiger partial charge in [0.2, 0.25) is 18.3 Å². The largest absolute Gasteiger partial charge is 0.507 e. The SMILES string of the molecule is O=C(O)C1O[C@@H](Oc2cc(-c3cc(=O)c4c(O)cc(O[C@@H]5O[C@@H](C(=O)O)[C@@H](O)C(O)C5O)cc4o3)cc(O)c2O)C(O)C(O)[C@@H]1O. The molecular weight excluding hydrogens is 628 g/mol. The third-order valence-corrected chi connectivity index (χ3v) is 7.24. The second kappa shape index (κ2) is 12.2. The summed E-state index contributed by atoms with van der Waals surface area (Å²) >= 11 is 0. The summed E-state index contributed by atoms with van der Waals surface area (Å²) in [7, 11) is 0. The molecule has 0 bridgehead atoms. The molecular formula is C27H26O19. The first-order valence-electron chi connectivity index (χ1n) is 13.1. The van der Waals surface area contributed by atoms with Gasteiger partial charge in [-0.2, -0.15) is 0 Å². The molecule has 3 aromatic rings. The fourth-order valence-corrected chi connectivity index (χ4v) is 4.84. The fourth-order valence-electron chi connectivity index (χ4n) is 4.84. The number of carboxylic acids is 2. The average Bonchev–Trinajstić information content (AvgIpc) is 2.98. The van der Waals surface area contributed by atoms with Crippen LogP contribution in [0, 0.1) is 0 Å². The van der Waals surface area contributed by atoms with E-state index in [9.17, 15) is 70.6 Å². The number of phenolic OH excluding ortho intramolecular Hbond substituents is 3. The van der Waals surface area contributed by atoms with E-state index >= 15 is 0 Å². The highest BCUT2D eigenvalue weighted by Gasteiger charge is 2.49. The number of aliphatic hydroxyl groups excluding tert-OH is 6. The van der Waals surface area contributed by atoms with Crippen LogP contribution in [0.25, 0.3) is 22.3 Å². The van der Waals surface area contributed by atoms with E-state index in [1.54, 1.807) is 0 Å². The first-order chi connectivity index (χ1) is 21.6. The van der Waals surface area contributed by atoms with Gasteiger partial charge in [-0.25, -0.2) is 9.59 Å². The van der Waals surface area contributed by atoms with Gasteiger partial charge < -0.3 is 79.5 Å². The van der Waals surface area contributed by atoms with Crippen molar-refractivity contribution in [3.8, 4) is 40.1 Å². The minimum Gasteiger partial charge on any atom is -0.507 e. The van der Waals surface area contributed by atoms with E-state index in [0.29, 0.717) is 0 Å². The number of carboxylic acid groups (broad SMARTS) is 2. The second-order valence-electron chi connectivity index (χ2n) is 10.3. The zero-order chi connectivity index (χ0) is 33.8. The maximum absolute atomic E-state index is 13.0. The van der Waals surface area contributed by atoms with Crippen molar-refractivity contribution in [1.82, 2.24) is 0 Å². The lowest BCUT2D eigenvalue weighted by Gasteiger charge is -2.38. The second-order valence-corrected chi connectivity index (χ2v) is 10.3. The molecule has 10 atom stereocenters. The number of benzene rings is 2. The van der Waals surface area contributed by atoms with Gasteiger partial charge >= 0.3 is 11.9 Å². The Bertz CT molecular complexity index is 1720. The van der Waals surface area contributed by atoms with E-state index in [1.165, 1.54) is 0 Å². The predicted molar refractivity (Wildman–Crippen MR) is 143 cm³/mol. The van der Waals surface area contributed by atoms with Gasteiger partial charge in [-0.3, -0.25) is 4.79 Å². The van der Waals surface area contributed by atoms with Gasteiger partial charge in [0.25, 0.3) is 0 Å². The van der Waals surface area contributed by atoms with E-state index in [4.69, 9.17) is 23.4 Å². The summed E-state index contributed by atoms with van der Waals surface area (Å²) < 4.78 is 26.5. The van der Waals surface area contributed by atoms with Gasteiger partial charge in [0.05, 0.1) is 0 Å². The minimum atomic E-state index is -2.05. The van der Waals surface area contributed by atoms with Crippen LogP contribution < -0.4 is 14.9 Å². The molecule has 2 aromatic carbocycles. The Labute approximate surface area is 254 Å². The Kier molecular flexibility index (Phi) is 8.68. The van der Waals surface area contributed by atoms with Crippen LogP contribution >= 0.6 is 0 Å². The summed E-state index contributed by atoms with van der Waals surface area (Å²) in [5.41, 5.74) is -1.40. The molecule has 0 spiro atoms. The van der Waals surface area contributed by atoms with Gasteiger partial charge in [0.1, 0.15) is 64.9 Å². The van der Waals surface area contributed by atoms with Gasteiger partial charge in [-0.05, 0) is 12.1 Å². The van der Waals surface area contributed by atoms with Crippen LogP contribution in [0.3, 0.4) is 0 Å². The Morgan fingerprint density at radius 2 is 1.20 bits per heavy atom. The van der Waals surface area contributed by atoms with Crippen molar-refractivity contribution < 1.29 is 89.1 Å². The van der Waals surface area contributed by atoms with E-state index in [1.807, 2.05) is 0 Å². The molecule has 2 aliphatic heterocycles.